The van der Waals surface area contributed by atoms with Gasteiger partial charge in [0.05, 0.1) is 7.54 Å². The minimum absolute atomic E-state index is 0.206. The van der Waals surface area contributed by atoms with Crippen LogP contribution >= 0.6 is 11.6 Å². The van der Waals surface area contributed by atoms with Crippen molar-refractivity contribution in [2.24, 2.45) is 7.05 Å². The molecule has 0 aliphatic rings. The van der Waals surface area contributed by atoms with Crippen molar-refractivity contribution < 1.29 is 1.37 Å². The van der Waals surface area contributed by atoms with Gasteiger partial charge in [-0.2, -0.15) is 5.10 Å². The van der Waals surface area contributed by atoms with Crippen LogP contribution in [0.4, 0.5) is 0 Å². The van der Waals surface area contributed by atoms with Crippen LogP contribution in [0.2, 0.25) is 5.15 Å². The Labute approximate surface area is 48.1 Å². The van der Waals surface area contributed by atoms with Gasteiger partial charge in [-0.25, -0.2) is 0 Å². The zero-order valence-electron chi connectivity index (χ0n) is 4.85. The van der Waals surface area contributed by atoms with E-state index in [4.69, 9.17) is 13.0 Å². The fourth-order valence-electron chi connectivity index (χ4n) is 0.310. The first-order chi connectivity index (χ1) is 3.70. The maximum atomic E-state index is 6.94. The number of rotatable bonds is 0. The zero-order chi connectivity index (χ0) is 6.15. The summed E-state index contributed by atoms with van der Waals surface area (Å²) in [6.45, 7) is 0. The highest BCUT2D eigenvalue weighted by molar-refractivity contribution is 6.29. The fourth-order valence-corrected chi connectivity index (χ4v) is 0.397. The van der Waals surface area contributed by atoms with Crippen LogP contribution in [0.15, 0.2) is 12.2 Å². The second kappa shape index (κ2) is 1.54. The number of halogens is 1. The van der Waals surface area contributed by atoms with Gasteiger partial charge in [0.2, 0.25) is 0 Å². The Hall–Kier alpha value is -0.500. The lowest BCUT2D eigenvalue weighted by Crippen LogP contribution is -1.86. The zero-order valence-corrected chi connectivity index (χ0v) is 4.61. The predicted molar refractivity (Wildman–Crippen MR) is 28.2 cm³/mol. The van der Waals surface area contributed by atoms with Crippen molar-refractivity contribution in [1.82, 2.24) is 9.78 Å². The van der Waals surface area contributed by atoms with Crippen LogP contribution in [0.1, 0.15) is 1.37 Å². The van der Waals surface area contributed by atoms with Crippen molar-refractivity contribution in [3.05, 3.63) is 17.4 Å². The Morgan fingerprint density at radius 1 is 2.14 bits per heavy atom. The summed E-state index contributed by atoms with van der Waals surface area (Å²) in [5.41, 5.74) is 0. The number of hydrogen-bond acceptors (Lipinski definition) is 1. The number of aryl methyl sites for hydroxylation is 1. The molecular formula is C4H5ClN2. The standard InChI is InChI=1S/C4H5ClN2/c1-7-4(5)2-3-6-7/h2-3H,1H3/i3D. The molecule has 1 rings (SSSR count). The third kappa shape index (κ3) is 0.747. The summed E-state index contributed by atoms with van der Waals surface area (Å²) in [5, 5.41) is 4.16. The van der Waals surface area contributed by atoms with Gasteiger partial charge in [-0.15, -0.1) is 0 Å². The Kier molecular flexibility index (Phi) is 0.770. The number of nitrogens with zero attached hydrogens (tertiary/aromatic N) is 2. The molecule has 0 saturated heterocycles. The van der Waals surface area contributed by atoms with Gasteiger partial charge in [0.1, 0.15) is 5.15 Å². The molecule has 0 radical (unpaired) electrons. The Balaban J connectivity index is 3.14. The Morgan fingerprint density at radius 2 is 2.86 bits per heavy atom. The second-order valence-electron chi connectivity index (χ2n) is 1.22. The summed E-state index contributed by atoms with van der Waals surface area (Å²) in [5.74, 6) is 0. The van der Waals surface area contributed by atoms with Gasteiger partial charge >= 0.3 is 0 Å². The number of hydrogen-bond donors (Lipinski definition) is 0. The highest BCUT2D eigenvalue weighted by Crippen LogP contribution is 2.01. The number of aromatic nitrogens is 2. The second-order valence-corrected chi connectivity index (χ2v) is 1.61. The molecule has 1 heterocycles. The van der Waals surface area contributed by atoms with Crippen molar-refractivity contribution in [3.8, 4) is 0 Å². The lowest BCUT2D eigenvalue weighted by atomic mass is 10.7. The van der Waals surface area contributed by atoms with Crippen molar-refractivity contribution in [2.45, 2.75) is 0 Å². The first-order valence-electron chi connectivity index (χ1n) is 2.36. The molecular weight excluding hydrogens is 112 g/mol. The molecule has 0 unspecified atom stereocenters. The largest absolute Gasteiger partial charge is 0.257 e. The summed E-state index contributed by atoms with van der Waals surface area (Å²) >= 11 is 5.51. The van der Waals surface area contributed by atoms with Crippen molar-refractivity contribution in [1.29, 1.82) is 0 Å². The van der Waals surface area contributed by atoms with Crippen molar-refractivity contribution >= 4 is 11.6 Å². The van der Waals surface area contributed by atoms with E-state index >= 15 is 0 Å². The molecule has 7 heavy (non-hydrogen) atoms. The van der Waals surface area contributed by atoms with Gasteiger partial charge in [0, 0.05) is 7.05 Å². The molecule has 0 aliphatic carbocycles. The molecule has 2 nitrogen and oxygen atoms in total. The van der Waals surface area contributed by atoms with E-state index in [1.807, 2.05) is 0 Å². The average molecular weight is 118 g/mol. The van der Waals surface area contributed by atoms with E-state index < -0.39 is 0 Å². The average Bonchev–Trinajstić information content (AvgIpc) is 1.85. The normalized spacial score (nSPS) is 11.4. The quantitative estimate of drug-likeness (QED) is 0.497. The Bertz CT molecular complexity index is 176. The monoisotopic (exact) mass is 117 g/mol. The minimum Gasteiger partial charge on any atom is -0.257 e. The molecule has 3 heteroatoms. The lowest BCUT2D eigenvalue weighted by molar-refractivity contribution is 0.768. The van der Waals surface area contributed by atoms with E-state index in [9.17, 15) is 0 Å². The molecule has 0 spiro atoms. The van der Waals surface area contributed by atoms with E-state index in [2.05, 4.69) is 5.10 Å². The van der Waals surface area contributed by atoms with Crippen molar-refractivity contribution in [2.75, 3.05) is 0 Å². The van der Waals surface area contributed by atoms with E-state index in [0.29, 0.717) is 5.15 Å². The van der Waals surface area contributed by atoms with Gasteiger partial charge in [-0.05, 0) is 6.07 Å². The van der Waals surface area contributed by atoms with Gasteiger partial charge in [-0.3, -0.25) is 4.68 Å². The summed E-state index contributed by atoms with van der Waals surface area (Å²) in [6, 6.07) is 1.49. The van der Waals surface area contributed by atoms with Crippen LogP contribution in [-0.4, -0.2) is 9.78 Å². The van der Waals surface area contributed by atoms with E-state index in [1.54, 1.807) is 7.05 Å². The molecule has 0 atom stereocenters. The van der Waals surface area contributed by atoms with Crippen molar-refractivity contribution in [3.63, 3.8) is 0 Å². The summed E-state index contributed by atoms with van der Waals surface area (Å²) in [7, 11) is 1.69. The first kappa shape index (κ1) is 3.50. The summed E-state index contributed by atoms with van der Waals surface area (Å²) in [6.07, 6.45) is 0.206. The molecule has 0 bridgehead atoms. The van der Waals surface area contributed by atoms with Gasteiger partial charge in [0.15, 0.2) is 0 Å². The summed E-state index contributed by atoms with van der Waals surface area (Å²) < 4.78 is 8.39. The molecule has 0 aliphatic heterocycles. The molecule has 1 aromatic rings. The van der Waals surface area contributed by atoms with Gasteiger partial charge in [0.25, 0.3) is 0 Å². The Morgan fingerprint density at radius 3 is 3.00 bits per heavy atom. The van der Waals surface area contributed by atoms with Crippen LogP contribution in [0.3, 0.4) is 0 Å². The molecule has 0 N–H and O–H groups in total. The molecule has 38 valence electrons. The lowest BCUT2D eigenvalue weighted by Gasteiger charge is -1.84. The molecule has 0 aromatic carbocycles. The third-order valence-corrected chi connectivity index (χ3v) is 1.05. The SMILES string of the molecule is [2H]c1cc(Cl)n(C)n1. The maximum absolute atomic E-state index is 6.94. The highest BCUT2D eigenvalue weighted by atomic mass is 35.5. The van der Waals surface area contributed by atoms with Crippen LogP contribution in [0.25, 0.3) is 0 Å². The molecule has 0 amide bonds. The smallest absolute Gasteiger partial charge is 0.126 e. The predicted octanol–water partition coefficient (Wildman–Crippen LogP) is 1.07. The highest BCUT2D eigenvalue weighted by Gasteiger charge is 1.86. The summed E-state index contributed by atoms with van der Waals surface area (Å²) in [4.78, 5) is 0. The van der Waals surface area contributed by atoms with Crippen LogP contribution < -0.4 is 0 Å². The van der Waals surface area contributed by atoms with Gasteiger partial charge < -0.3 is 0 Å². The molecule has 0 saturated carbocycles. The van der Waals surface area contributed by atoms with E-state index in [1.165, 1.54) is 10.7 Å². The first-order valence-corrected chi connectivity index (χ1v) is 2.24. The fraction of sp³-hybridized carbons (Fsp3) is 0.250. The topological polar surface area (TPSA) is 17.8 Å². The van der Waals surface area contributed by atoms with Crippen LogP contribution in [0.5, 0.6) is 0 Å². The minimum atomic E-state index is 0.206. The van der Waals surface area contributed by atoms with E-state index in [-0.39, 0.29) is 6.17 Å². The van der Waals surface area contributed by atoms with E-state index in [0.717, 1.165) is 0 Å². The van der Waals surface area contributed by atoms with Gasteiger partial charge in [-0.1, -0.05) is 11.6 Å². The molecule has 0 fully saturated rings. The van der Waals surface area contributed by atoms with Crippen LogP contribution in [-0.2, 0) is 7.05 Å². The van der Waals surface area contributed by atoms with Crippen LogP contribution in [0, 0.1) is 0 Å². The maximum Gasteiger partial charge on any atom is 0.126 e. The third-order valence-electron chi connectivity index (χ3n) is 0.701. The molecule has 1 aromatic heterocycles.